The summed E-state index contributed by atoms with van der Waals surface area (Å²) in [7, 11) is 1.66. The van der Waals surface area contributed by atoms with Crippen molar-refractivity contribution in [1.29, 1.82) is 0 Å². The van der Waals surface area contributed by atoms with E-state index in [1.807, 2.05) is 4.90 Å². The molecule has 2 heterocycles. The van der Waals surface area contributed by atoms with E-state index in [2.05, 4.69) is 43.0 Å². The van der Waals surface area contributed by atoms with Crippen LogP contribution in [0.5, 0.6) is 0 Å². The lowest BCUT2D eigenvalue weighted by Gasteiger charge is -2.40. The Morgan fingerprint density at radius 2 is 1.89 bits per heavy atom. The van der Waals surface area contributed by atoms with Crippen LogP contribution in [0.1, 0.15) is 82.9 Å². The molecule has 1 aromatic heterocycles. The summed E-state index contributed by atoms with van der Waals surface area (Å²) in [5.41, 5.74) is 1.17. The van der Waals surface area contributed by atoms with E-state index < -0.39 is 11.8 Å². The molecule has 1 fully saturated rings. The van der Waals surface area contributed by atoms with Crippen molar-refractivity contribution in [3.63, 3.8) is 0 Å². The van der Waals surface area contributed by atoms with Gasteiger partial charge in [0.25, 0.3) is 5.91 Å². The number of aliphatic hydroxyl groups excluding tert-OH is 1. The highest BCUT2D eigenvalue weighted by atomic mass is 19.1. The Bertz CT molecular complexity index is 1220. The number of aliphatic carboxylic acids is 1. The number of hydrogen-bond acceptors (Lipinski definition) is 9. The number of amides is 1. The third-order valence-electron chi connectivity index (χ3n) is 7.26. The van der Waals surface area contributed by atoms with Crippen LogP contribution >= 0.6 is 0 Å². The van der Waals surface area contributed by atoms with Crippen molar-refractivity contribution in [2.45, 2.75) is 85.3 Å². The second-order valence-electron chi connectivity index (χ2n) is 11.2. The molecule has 3 rings (SSSR count). The molecule has 1 aliphatic rings. The molecule has 258 valence electrons. The fraction of sp³-hybridized carbons (Fsp3) is 0.606. The molecule has 1 aliphatic heterocycles. The number of carboxylic acids is 1. The van der Waals surface area contributed by atoms with E-state index in [1.165, 1.54) is 10.7 Å². The number of halogens is 1. The molecule has 0 radical (unpaired) electrons. The average molecular weight is 650 g/mol. The number of carbonyl (C=O) groups is 2. The number of aromatic nitrogens is 3. The Morgan fingerprint density at radius 3 is 2.46 bits per heavy atom. The second-order valence-corrected chi connectivity index (χ2v) is 11.2. The minimum atomic E-state index is -0.981. The van der Waals surface area contributed by atoms with Crippen molar-refractivity contribution in [3.8, 4) is 5.69 Å². The third kappa shape index (κ3) is 14.1. The number of para-hydroxylation sites is 1. The molecule has 0 aliphatic carbocycles. The Hall–Kier alpha value is -3.77. The van der Waals surface area contributed by atoms with Crippen LogP contribution in [-0.4, -0.2) is 93.6 Å². The van der Waals surface area contributed by atoms with Crippen LogP contribution in [0.2, 0.25) is 0 Å². The first-order chi connectivity index (χ1) is 21.6. The second kappa shape index (κ2) is 23.6. The highest BCUT2D eigenvalue weighted by Crippen LogP contribution is 2.26. The van der Waals surface area contributed by atoms with E-state index in [1.54, 1.807) is 25.3 Å². The predicted octanol–water partition coefficient (Wildman–Crippen LogP) is 4.31. The molecule has 1 unspecified atom stereocenters. The number of hydrogen-bond donors (Lipinski definition) is 3. The number of nitrogens with one attached hydrogen (secondary N) is 1. The number of nitrogens with zero attached hydrogens (tertiary/aromatic N) is 4. The summed E-state index contributed by atoms with van der Waals surface area (Å²) in [6, 6.07) is 6.35. The maximum Gasteiger partial charge on any atom is 0.373 e. The lowest BCUT2D eigenvalue weighted by molar-refractivity contribution is -0.191. The zero-order chi connectivity index (χ0) is 33.8. The number of unbranched alkanes of at least 4 members (excludes halogenated alkanes) is 2. The van der Waals surface area contributed by atoms with Gasteiger partial charge in [0.05, 0.1) is 11.8 Å². The van der Waals surface area contributed by atoms with Gasteiger partial charge >= 0.3 is 12.1 Å². The molecular weight excluding hydrogens is 597 g/mol. The van der Waals surface area contributed by atoms with Crippen LogP contribution < -0.4 is 5.32 Å². The van der Waals surface area contributed by atoms with Crippen molar-refractivity contribution in [1.82, 2.24) is 25.2 Å². The lowest BCUT2D eigenvalue weighted by Crippen LogP contribution is -2.54. The highest BCUT2D eigenvalue weighted by molar-refractivity contribution is 5.93. The smallest absolute Gasteiger partial charge is 0.373 e. The number of methoxy groups -OCH3 is 1. The fourth-order valence-electron chi connectivity index (χ4n) is 5.11. The molecule has 2 aromatic rings. The summed E-state index contributed by atoms with van der Waals surface area (Å²) in [5, 5.41) is 30.4. The molecule has 1 aromatic carbocycles. The first-order valence-corrected chi connectivity index (χ1v) is 15.3. The normalized spacial score (nSPS) is 16.0. The minimum Gasteiger partial charge on any atom is -0.478 e. The van der Waals surface area contributed by atoms with Crippen molar-refractivity contribution in [2.24, 2.45) is 11.8 Å². The quantitative estimate of drug-likeness (QED) is 0.187. The molecule has 13 heteroatoms. The molecule has 0 spiro atoms. The SMILES string of the molecule is C.C=CC(=O)O.CCCCC(O)[C@H]1CNC[C@@H](N(CC(C)C)C(=O)c2nnn(-c3ccccc3F)c2CCCCOC)C1.O=C=O. The van der Waals surface area contributed by atoms with E-state index in [0.29, 0.717) is 31.8 Å². The third-order valence-corrected chi connectivity index (χ3v) is 7.26. The van der Waals surface area contributed by atoms with E-state index in [4.69, 9.17) is 19.4 Å². The van der Waals surface area contributed by atoms with Crippen LogP contribution in [0.25, 0.3) is 5.69 Å². The van der Waals surface area contributed by atoms with Crippen molar-refractivity contribution in [3.05, 3.63) is 54.1 Å². The average Bonchev–Trinajstić information content (AvgIpc) is 3.44. The number of carbonyl (C=O) groups excluding carboxylic acids is 3. The van der Waals surface area contributed by atoms with Crippen molar-refractivity contribution >= 4 is 18.0 Å². The molecule has 0 bridgehead atoms. The molecule has 46 heavy (non-hydrogen) atoms. The van der Waals surface area contributed by atoms with Crippen molar-refractivity contribution < 1.29 is 38.5 Å². The standard InChI is InChI=1S/C28H44FN5O3.C3H4O2.CO2.CH4/c1-5-6-14-26(35)21-16-22(18-30-17-21)33(19-20(2)3)28(36)27-25(13-9-10-15-37-4)34(32-31-27)24-12-8-7-11-23(24)29;1-2-3(4)5;2-1-3;/h7-8,11-12,20-22,26,30,35H,5-6,9-10,13-19H2,1-4H3;2H,1H2,(H,4,5);;1H4/t21-,22+,26?;;;/m1.../s1. The van der Waals surface area contributed by atoms with Gasteiger partial charge < -0.3 is 25.2 Å². The zero-order valence-corrected chi connectivity index (χ0v) is 26.8. The van der Waals surface area contributed by atoms with Gasteiger partial charge in [-0.3, -0.25) is 4.79 Å². The van der Waals surface area contributed by atoms with E-state index in [-0.39, 0.29) is 54.8 Å². The maximum absolute atomic E-state index is 14.7. The number of piperidine rings is 1. The van der Waals surface area contributed by atoms with Crippen LogP contribution in [-0.2, 0) is 25.5 Å². The zero-order valence-electron chi connectivity index (χ0n) is 26.8. The summed E-state index contributed by atoms with van der Waals surface area (Å²) in [5.74, 6) is -1.24. The topological polar surface area (TPSA) is 164 Å². The van der Waals surface area contributed by atoms with Gasteiger partial charge in [-0.1, -0.05) is 65.0 Å². The predicted molar refractivity (Wildman–Crippen MR) is 172 cm³/mol. The Kier molecular flexibility index (Phi) is 21.6. The lowest BCUT2D eigenvalue weighted by atomic mass is 9.87. The fourth-order valence-corrected chi connectivity index (χ4v) is 5.11. The van der Waals surface area contributed by atoms with Crippen LogP contribution in [0.15, 0.2) is 36.9 Å². The molecule has 3 atom stereocenters. The first kappa shape index (κ1) is 42.2. The number of carboxylic acid groups (broad SMARTS) is 1. The summed E-state index contributed by atoms with van der Waals surface area (Å²) < 4.78 is 21.4. The summed E-state index contributed by atoms with van der Waals surface area (Å²) >= 11 is 0. The highest BCUT2D eigenvalue weighted by Gasteiger charge is 2.35. The number of aliphatic hydroxyl groups is 1. The molecule has 3 N–H and O–H groups in total. The van der Waals surface area contributed by atoms with Gasteiger partial charge in [0.1, 0.15) is 11.5 Å². The Labute approximate surface area is 272 Å². The Morgan fingerprint density at radius 1 is 1.24 bits per heavy atom. The van der Waals surface area contributed by atoms with Gasteiger partial charge in [0.2, 0.25) is 0 Å². The van der Waals surface area contributed by atoms with Gasteiger partial charge in [-0.2, -0.15) is 9.59 Å². The van der Waals surface area contributed by atoms with E-state index in [9.17, 15) is 19.1 Å². The minimum absolute atomic E-state index is 0. The van der Waals surface area contributed by atoms with Gasteiger partial charge in [0, 0.05) is 45.5 Å². The Balaban J connectivity index is 0.00000201. The van der Waals surface area contributed by atoms with Crippen LogP contribution in [0.4, 0.5) is 4.39 Å². The molecule has 1 saturated heterocycles. The number of ether oxygens (including phenoxy) is 1. The maximum atomic E-state index is 14.7. The van der Waals surface area contributed by atoms with Crippen LogP contribution in [0.3, 0.4) is 0 Å². The largest absolute Gasteiger partial charge is 0.478 e. The molecule has 1 amide bonds. The number of benzene rings is 1. The van der Waals surface area contributed by atoms with Crippen LogP contribution in [0, 0.1) is 17.7 Å². The van der Waals surface area contributed by atoms with Gasteiger partial charge in [-0.15, -0.1) is 5.10 Å². The first-order valence-electron chi connectivity index (χ1n) is 15.3. The summed E-state index contributed by atoms with van der Waals surface area (Å²) in [4.78, 5) is 41.5. The van der Waals surface area contributed by atoms with Gasteiger partial charge in [-0.05, 0) is 56.1 Å². The van der Waals surface area contributed by atoms with E-state index in [0.717, 1.165) is 51.1 Å². The number of rotatable bonds is 15. The van der Waals surface area contributed by atoms with Crippen molar-refractivity contribution in [2.75, 3.05) is 33.4 Å². The molecular formula is C33H52FN5O7. The van der Waals surface area contributed by atoms with Gasteiger partial charge in [0.15, 0.2) is 5.69 Å². The summed E-state index contributed by atoms with van der Waals surface area (Å²) in [6.07, 6.45) is 6.35. The monoisotopic (exact) mass is 649 g/mol. The van der Waals surface area contributed by atoms with E-state index >= 15 is 0 Å². The van der Waals surface area contributed by atoms with Gasteiger partial charge in [-0.25, -0.2) is 13.9 Å². The molecule has 0 saturated carbocycles. The molecule has 12 nitrogen and oxygen atoms in total. The summed E-state index contributed by atoms with van der Waals surface area (Å²) in [6.45, 7) is 11.9.